The highest BCUT2D eigenvalue weighted by atomic mass is 16.7. The van der Waals surface area contributed by atoms with Crippen molar-refractivity contribution in [2.45, 2.75) is 77.4 Å². The number of ether oxygens (including phenoxy) is 3. The number of hydrogen-bond acceptors (Lipinski definition) is 3. The van der Waals surface area contributed by atoms with Gasteiger partial charge in [0.1, 0.15) is 6.79 Å². The lowest BCUT2D eigenvalue weighted by atomic mass is 9.45. The summed E-state index contributed by atoms with van der Waals surface area (Å²) in [4.78, 5) is 0. The van der Waals surface area contributed by atoms with E-state index < -0.39 is 0 Å². The van der Waals surface area contributed by atoms with Crippen LogP contribution in [-0.4, -0.2) is 33.2 Å². The Morgan fingerprint density at radius 3 is 2.58 bits per heavy atom. The van der Waals surface area contributed by atoms with Crippen LogP contribution in [-0.2, 0) is 14.2 Å². The van der Waals surface area contributed by atoms with Gasteiger partial charge in [-0.25, -0.2) is 0 Å². The van der Waals surface area contributed by atoms with Gasteiger partial charge in [0.25, 0.3) is 0 Å². The molecule has 4 aliphatic carbocycles. The number of rotatable bonds is 4. The van der Waals surface area contributed by atoms with E-state index in [4.69, 9.17) is 14.2 Å². The molecular formula is C23H38O3. The normalized spacial score (nSPS) is 50.8. The van der Waals surface area contributed by atoms with Crippen LogP contribution in [0.15, 0.2) is 12.2 Å². The van der Waals surface area contributed by atoms with Gasteiger partial charge in [-0.3, -0.25) is 0 Å². The van der Waals surface area contributed by atoms with E-state index in [1.54, 1.807) is 12.7 Å². The molecule has 0 bridgehead atoms. The summed E-state index contributed by atoms with van der Waals surface area (Å²) in [6.07, 6.45) is 10.8. The van der Waals surface area contributed by atoms with Crippen molar-refractivity contribution in [2.75, 3.05) is 21.0 Å². The molecule has 4 saturated carbocycles. The number of fused-ring (bicyclic) bond motifs is 5. The minimum Gasteiger partial charge on any atom is -0.379 e. The molecule has 4 rings (SSSR count). The summed E-state index contributed by atoms with van der Waals surface area (Å²) in [7, 11) is 3.56. The second-order valence-electron chi connectivity index (χ2n) is 10.1. The largest absolute Gasteiger partial charge is 0.379 e. The van der Waals surface area contributed by atoms with E-state index in [2.05, 4.69) is 20.4 Å². The molecule has 0 aromatic rings. The van der Waals surface area contributed by atoms with Crippen LogP contribution in [0, 0.1) is 34.5 Å². The van der Waals surface area contributed by atoms with Crippen molar-refractivity contribution in [3.05, 3.63) is 12.2 Å². The van der Waals surface area contributed by atoms with Gasteiger partial charge in [-0.2, -0.15) is 0 Å². The highest BCUT2D eigenvalue weighted by molar-refractivity contribution is 5.21. The maximum Gasteiger partial charge on any atom is 0.146 e. The van der Waals surface area contributed by atoms with Crippen molar-refractivity contribution >= 4 is 0 Å². The lowest BCUT2D eigenvalue weighted by molar-refractivity contribution is -0.193. The van der Waals surface area contributed by atoms with Gasteiger partial charge in [-0.05, 0) is 85.9 Å². The van der Waals surface area contributed by atoms with Crippen molar-refractivity contribution in [3.8, 4) is 0 Å². The fourth-order valence-electron chi connectivity index (χ4n) is 7.71. The molecule has 0 heterocycles. The average molecular weight is 363 g/mol. The first kappa shape index (κ1) is 19.0. The lowest BCUT2D eigenvalue weighted by Gasteiger charge is -2.61. The Morgan fingerprint density at radius 2 is 1.85 bits per heavy atom. The third-order valence-corrected chi connectivity index (χ3v) is 9.29. The van der Waals surface area contributed by atoms with Gasteiger partial charge in [0, 0.05) is 14.2 Å². The van der Waals surface area contributed by atoms with Crippen molar-refractivity contribution in [1.29, 1.82) is 0 Å². The predicted octanol–water partition coefficient (Wildman–Crippen LogP) is 5.20. The van der Waals surface area contributed by atoms with E-state index in [9.17, 15) is 0 Å². The van der Waals surface area contributed by atoms with Gasteiger partial charge >= 0.3 is 0 Å². The number of methoxy groups -OCH3 is 2. The van der Waals surface area contributed by atoms with Crippen LogP contribution in [0.5, 0.6) is 0 Å². The Hall–Kier alpha value is -0.380. The Kier molecular flexibility index (Phi) is 5.03. The van der Waals surface area contributed by atoms with E-state index in [0.717, 1.165) is 36.5 Å². The monoisotopic (exact) mass is 362 g/mol. The quantitative estimate of drug-likeness (QED) is 0.508. The molecule has 26 heavy (non-hydrogen) atoms. The lowest BCUT2D eigenvalue weighted by Crippen LogP contribution is -2.57. The summed E-state index contributed by atoms with van der Waals surface area (Å²) in [5.41, 5.74) is 2.37. The molecule has 3 nitrogen and oxygen atoms in total. The summed E-state index contributed by atoms with van der Waals surface area (Å²) >= 11 is 0. The molecule has 0 aromatic heterocycles. The molecule has 0 amide bonds. The molecule has 8 atom stereocenters. The first-order chi connectivity index (χ1) is 12.4. The molecule has 3 heteroatoms. The molecule has 0 saturated heterocycles. The molecule has 0 N–H and O–H groups in total. The maximum atomic E-state index is 6.01. The van der Waals surface area contributed by atoms with Crippen LogP contribution in [0.25, 0.3) is 0 Å². The van der Waals surface area contributed by atoms with Gasteiger partial charge in [-0.1, -0.05) is 26.0 Å². The fourth-order valence-corrected chi connectivity index (χ4v) is 7.71. The molecule has 0 radical (unpaired) electrons. The molecule has 0 aromatic carbocycles. The van der Waals surface area contributed by atoms with E-state index in [1.165, 1.54) is 38.5 Å². The zero-order valence-corrected chi connectivity index (χ0v) is 17.3. The first-order valence-corrected chi connectivity index (χ1v) is 10.8. The zero-order valence-electron chi connectivity index (χ0n) is 17.3. The van der Waals surface area contributed by atoms with Crippen molar-refractivity contribution in [3.63, 3.8) is 0 Å². The van der Waals surface area contributed by atoms with Crippen LogP contribution >= 0.6 is 0 Å². The van der Waals surface area contributed by atoms with Crippen molar-refractivity contribution < 1.29 is 14.2 Å². The zero-order chi connectivity index (χ0) is 18.5. The molecule has 4 aliphatic rings. The minimum absolute atomic E-state index is 0.190. The summed E-state index contributed by atoms with van der Waals surface area (Å²) < 4.78 is 17.1. The number of hydrogen-bond donors (Lipinski definition) is 0. The van der Waals surface area contributed by atoms with E-state index in [1.807, 2.05) is 7.11 Å². The Balaban J connectivity index is 1.56. The Labute approximate surface area is 159 Å². The van der Waals surface area contributed by atoms with Crippen LogP contribution in [0.1, 0.15) is 65.2 Å². The molecule has 0 spiro atoms. The highest BCUT2D eigenvalue weighted by Gasteiger charge is 2.60. The minimum atomic E-state index is 0.190. The van der Waals surface area contributed by atoms with Crippen molar-refractivity contribution in [2.24, 2.45) is 34.5 Å². The molecule has 4 fully saturated rings. The standard InChI is InChI=1S/C23H38O3/c1-15-6-9-18-17-8-7-16-12-20(26-14-24-4)21(25-5)13-23(16,3)19(17)10-11-22(15,18)2/h16-21H,1,6-14H2,2-5H3/t16?,17-,18-,19+,20?,21?,22+,23-/m0/s1. The van der Waals surface area contributed by atoms with Crippen LogP contribution in [0.4, 0.5) is 0 Å². The molecule has 3 unspecified atom stereocenters. The van der Waals surface area contributed by atoms with Gasteiger partial charge in [0.05, 0.1) is 12.2 Å². The second-order valence-corrected chi connectivity index (χ2v) is 10.1. The van der Waals surface area contributed by atoms with E-state index >= 15 is 0 Å². The third-order valence-electron chi connectivity index (χ3n) is 9.29. The van der Waals surface area contributed by atoms with Gasteiger partial charge in [-0.15, -0.1) is 0 Å². The van der Waals surface area contributed by atoms with Crippen LogP contribution < -0.4 is 0 Å². The summed E-state index contributed by atoms with van der Waals surface area (Å²) in [6.45, 7) is 9.94. The smallest absolute Gasteiger partial charge is 0.146 e. The summed E-state index contributed by atoms with van der Waals surface area (Å²) in [5, 5.41) is 0. The van der Waals surface area contributed by atoms with Gasteiger partial charge < -0.3 is 14.2 Å². The molecule has 148 valence electrons. The summed E-state index contributed by atoms with van der Waals surface area (Å²) in [6, 6.07) is 0. The molecular weight excluding hydrogens is 324 g/mol. The highest BCUT2D eigenvalue weighted by Crippen LogP contribution is 2.67. The van der Waals surface area contributed by atoms with Crippen LogP contribution in [0.2, 0.25) is 0 Å². The summed E-state index contributed by atoms with van der Waals surface area (Å²) in [5.74, 6) is 3.38. The topological polar surface area (TPSA) is 27.7 Å². The third kappa shape index (κ3) is 2.72. The van der Waals surface area contributed by atoms with Gasteiger partial charge in [0.15, 0.2) is 0 Å². The maximum absolute atomic E-state index is 6.01. The van der Waals surface area contributed by atoms with Crippen LogP contribution in [0.3, 0.4) is 0 Å². The first-order valence-electron chi connectivity index (χ1n) is 10.8. The number of allylic oxidation sites excluding steroid dienone is 1. The van der Waals surface area contributed by atoms with E-state index in [0.29, 0.717) is 17.6 Å². The van der Waals surface area contributed by atoms with E-state index in [-0.39, 0.29) is 12.2 Å². The Morgan fingerprint density at radius 1 is 1.04 bits per heavy atom. The van der Waals surface area contributed by atoms with Crippen molar-refractivity contribution in [1.82, 2.24) is 0 Å². The second kappa shape index (κ2) is 6.90. The average Bonchev–Trinajstić information content (AvgIpc) is 2.94. The van der Waals surface area contributed by atoms with Gasteiger partial charge in [0.2, 0.25) is 0 Å². The molecule has 0 aliphatic heterocycles. The Bertz CT molecular complexity index is 546. The predicted molar refractivity (Wildman–Crippen MR) is 104 cm³/mol. The fraction of sp³-hybridized carbons (Fsp3) is 0.913. The SMILES string of the molecule is C=C1CC[C@H]2[C@@H]3CCC4CC(OCOC)C(OC)C[C@]4(C)[C@@H]3CC[C@]12C.